The molecule has 0 unspecified atom stereocenters. The van der Waals surface area contributed by atoms with E-state index in [1.807, 2.05) is 27.7 Å². The summed E-state index contributed by atoms with van der Waals surface area (Å²) < 4.78 is 0. The fourth-order valence-electron chi connectivity index (χ4n) is 0.494. The van der Waals surface area contributed by atoms with E-state index >= 15 is 0 Å². The summed E-state index contributed by atoms with van der Waals surface area (Å²) in [5.74, 6) is 0. The number of hydrogen-bond acceptors (Lipinski definition) is 1. The van der Waals surface area contributed by atoms with E-state index in [1.54, 1.807) is 0 Å². The van der Waals surface area contributed by atoms with Crippen molar-refractivity contribution in [3.05, 3.63) is 12.3 Å². The third kappa shape index (κ3) is 4.42. The molecule has 0 spiro atoms. The summed E-state index contributed by atoms with van der Waals surface area (Å²) in [5.41, 5.74) is 1.27. The SMILES string of the molecule is C=C1CCN1C.CC.CC. The highest BCUT2D eigenvalue weighted by Gasteiger charge is 2.10. The maximum atomic E-state index is 3.77. The molecule has 0 aromatic rings. The Hall–Kier alpha value is -0.460. The van der Waals surface area contributed by atoms with Crippen LogP contribution in [0.4, 0.5) is 0 Å². The first-order valence-corrected chi connectivity index (χ1v) is 4.19. The molecule has 1 aliphatic heterocycles. The molecular formula is C9H21N. The van der Waals surface area contributed by atoms with Crippen LogP contribution in [0.25, 0.3) is 0 Å². The molecule has 0 aliphatic carbocycles. The molecule has 1 aliphatic rings. The summed E-state index contributed by atoms with van der Waals surface area (Å²) in [5, 5.41) is 0. The lowest BCUT2D eigenvalue weighted by molar-refractivity contribution is 0.315. The zero-order chi connectivity index (χ0) is 8.57. The lowest BCUT2D eigenvalue weighted by atomic mass is 10.2. The van der Waals surface area contributed by atoms with Gasteiger partial charge in [-0.1, -0.05) is 34.3 Å². The van der Waals surface area contributed by atoms with E-state index < -0.39 is 0 Å². The van der Waals surface area contributed by atoms with E-state index in [-0.39, 0.29) is 0 Å². The van der Waals surface area contributed by atoms with Gasteiger partial charge in [-0.2, -0.15) is 0 Å². The summed E-state index contributed by atoms with van der Waals surface area (Å²) in [6, 6.07) is 0. The van der Waals surface area contributed by atoms with Gasteiger partial charge in [0, 0.05) is 25.7 Å². The maximum absolute atomic E-state index is 3.77. The van der Waals surface area contributed by atoms with E-state index in [2.05, 4.69) is 18.5 Å². The second kappa shape index (κ2) is 8.54. The number of hydrogen-bond donors (Lipinski definition) is 0. The van der Waals surface area contributed by atoms with Crippen molar-refractivity contribution in [1.29, 1.82) is 0 Å². The quantitative estimate of drug-likeness (QED) is 0.504. The van der Waals surface area contributed by atoms with E-state index in [9.17, 15) is 0 Å². The molecule has 0 N–H and O–H groups in total. The van der Waals surface area contributed by atoms with E-state index in [0.29, 0.717) is 0 Å². The predicted octanol–water partition coefficient (Wildman–Crippen LogP) is 2.89. The molecule has 1 heterocycles. The molecule has 10 heavy (non-hydrogen) atoms. The molecule has 1 rings (SSSR count). The zero-order valence-corrected chi connectivity index (χ0v) is 8.07. The van der Waals surface area contributed by atoms with Crippen LogP contribution in [0.15, 0.2) is 12.3 Å². The second-order valence-corrected chi connectivity index (χ2v) is 1.74. The van der Waals surface area contributed by atoms with Gasteiger partial charge in [0.05, 0.1) is 0 Å². The van der Waals surface area contributed by atoms with Gasteiger partial charge < -0.3 is 4.90 Å². The third-order valence-electron chi connectivity index (χ3n) is 1.28. The van der Waals surface area contributed by atoms with E-state index in [1.165, 1.54) is 18.7 Å². The Morgan fingerprint density at radius 3 is 1.50 bits per heavy atom. The minimum Gasteiger partial charge on any atom is -0.378 e. The number of nitrogens with zero attached hydrogens (tertiary/aromatic N) is 1. The predicted molar refractivity (Wildman–Crippen MR) is 49.1 cm³/mol. The first kappa shape index (κ1) is 12.2. The van der Waals surface area contributed by atoms with Crippen LogP contribution in [0, 0.1) is 0 Å². The zero-order valence-electron chi connectivity index (χ0n) is 8.07. The van der Waals surface area contributed by atoms with Gasteiger partial charge in [0.25, 0.3) is 0 Å². The third-order valence-corrected chi connectivity index (χ3v) is 1.28. The molecule has 1 fully saturated rings. The van der Waals surface area contributed by atoms with Crippen LogP contribution in [0.1, 0.15) is 34.1 Å². The minimum atomic E-state index is 1.20. The van der Waals surface area contributed by atoms with Crippen molar-refractivity contribution in [2.75, 3.05) is 13.6 Å². The Bertz CT molecular complexity index is 76.8. The van der Waals surface area contributed by atoms with Gasteiger partial charge in [-0.3, -0.25) is 0 Å². The van der Waals surface area contributed by atoms with Crippen molar-refractivity contribution in [1.82, 2.24) is 4.90 Å². The minimum absolute atomic E-state index is 1.20. The van der Waals surface area contributed by atoms with Gasteiger partial charge in [0.1, 0.15) is 0 Å². The van der Waals surface area contributed by atoms with Gasteiger partial charge in [-0.05, 0) is 0 Å². The lowest BCUT2D eigenvalue weighted by Gasteiger charge is -2.31. The number of likely N-dealkylation sites (tertiary alicyclic amines) is 1. The molecule has 0 aromatic heterocycles. The van der Waals surface area contributed by atoms with Crippen LogP contribution < -0.4 is 0 Å². The van der Waals surface area contributed by atoms with Crippen molar-refractivity contribution in [3.8, 4) is 0 Å². The molecule has 0 bridgehead atoms. The van der Waals surface area contributed by atoms with Gasteiger partial charge in [0.15, 0.2) is 0 Å². The molecule has 0 atom stereocenters. The molecule has 0 saturated carbocycles. The average molecular weight is 143 g/mol. The first-order chi connectivity index (χ1) is 4.80. The van der Waals surface area contributed by atoms with Crippen LogP contribution in [-0.4, -0.2) is 18.5 Å². The Labute approximate surface area is 65.7 Å². The molecule has 1 nitrogen and oxygen atoms in total. The van der Waals surface area contributed by atoms with Crippen molar-refractivity contribution < 1.29 is 0 Å². The average Bonchev–Trinajstić information content (AvgIpc) is 2.08. The van der Waals surface area contributed by atoms with Gasteiger partial charge in [-0.25, -0.2) is 0 Å². The van der Waals surface area contributed by atoms with Crippen molar-refractivity contribution in [2.24, 2.45) is 0 Å². The monoisotopic (exact) mass is 143 g/mol. The molecule has 0 aromatic carbocycles. The molecule has 1 saturated heterocycles. The topological polar surface area (TPSA) is 3.24 Å². The van der Waals surface area contributed by atoms with Crippen LogP contribution in [0.2, 0.25) is 0 Å². The molecule has 62 valence electrons. The van der Waals surface area contributed by atoms with E-state index in [0.717, 1.165) is 0 Å². The molecule has 1 heteroatoms. The Morgan fingerprint density at radius 2 is 1.50 bits per heavy atom. The molecule has 0 amide bonds. The van der Waals surface area contributed by atoms with Crippen molar-refractivity contribution in [2.45, 2.75) is 34.1 Å². The van der Waals surface area contributed by atoms with Gasteiger partial charge >= 0.3 is 0 Å². The lowest BCUT2D eigenvalue weighted by Crippen LogP contribution is -2.29. The summed E-state index contributed by atoms with van der Waals surface area (Å²) in [7, 11) is 2.06. The first-order valence-electron chi connectivity index (χ1n) is 4.19. The van der Waals surface area contributed by atoms with E-state index in [4.69, 9.17) is 0 Å². The normalized spacial score (nSPS) is 13.7. The summed E-state index contributed by atoms with van der Waals surface area (Å²) >= 11 is 0. The van der Waals surface area contributed by atoms with Crippen LogP contribution in [0.3, 0.4) is 0 Å². The van der Waals surface area contributed by atoms with Crippen LogP contribution in [-0.2, 0) is 0 Å². The highest BCUT2D eigenvalue weighted by molar-refractivity contribution is 5.01. The summed E-state index contributed by atoms with van der Waals surface area (Å²) in [6.07, 6.45) is 1.20. The smallest absolute Gasteiger partial charge is 0.0226 e. The highest BCUT2D eigenvalue weighted by Crippen LogP contribution is 2.14. The summed E-state index contributed by atoms with van der Waals surface area (Å²) in [4.78, 5) is 2.15. The largest absolute Gasteiger partial charge is 0.378 e. The Balaban J connectivity index is 0. The summed E-state index contributed by atoms with van der Waals surface area (Å²) in [6.45, 7) is 13.0. The maximum Gasteiger partial charge on any atom is 0.0226 e. The van der Waals surface area contributed by atoms with Crippen molar-refractivity contribution >= 4 is 0 Å². The standard InChI is InChI=1S/C5H9N.2C2H6/c1-5-3-4-6(5)2;2*1-2/h1,3-4H2,2H3;2*1-2H3. The van der Waals surface area contributed by atoms with Crippen LogP contribution in [0.5, 0.6) is 0 Å². The van der Waals surface area contributed by atoms with Gasteiger partial charge in [-0.15, -0.1) is 0 Å². The highest BCUT2D eigenvalue weighted by atomic mass is 15.2. The number of rotatable bonds is 0. The van der Waals surface area contributed by atoms with Gasteiger partial charge in [0.2, 0.25) is 0 Å². The molecular weight excluding hydrogens is 122 g/mol. The Kier molecular flexibility index (Phi) is 10.5. The fraction of sp³-hybridized carbons (Fsp3) is 0.778. The molecule has 0 radical (unpaired) electrons. The van der Waals surface area contributed by atoms with Crippen molar-refractivity contribution in [3.63, 3.8) is 0 Å². The fourth-order valence-corrected chi connectivity index (χ4v) is 0.494. The Morgan fingerprint density at radius 1 is 1.20 bits per heavy atom. The van der Waals surface area contributed by atoms with Crippen LogP contribution >= 0.6 is 0 Å². The second-order valence-electron chi connectivity index (χ2n) is 1.74.